The number of hydrogen-bond acceptors (Lipinski definition) is 4. The summed E-state index contributed by atoms with van der Waals surface area (Å²) in [6.07, 6.45) is 0.517. The van der Waals surface area contributed by atoms with Gasteiger partial charge in [0, 0.05) is 12.0 Å². The van der Waals surface area contributed by atoms with E-state index in [0.717, 1.165) is 0 Å². The van der Waals surface area contributed by atoms with E-state index in [4.69, 9.17) is 4.74 Å². The number of rotatable bonds is 1. The van der Waals surface area contributed by atoms with Crippen LogP contribution in [-0.4, -0.2) is 15.4 Å². The molecule has 1 aromatic heterocycles. The summed E-state index contributed by atoms with van der Waals surface area (Å²) in [5.74, 6) is 0. The molecule has 0 amide bonds. The molecule has 0 N–H and O–H groups in total. The van der Waals surface area contributed by atoms with Crippen molar-refractivity contribution in [3.63, 3.8) is 0 Å². The molecule has 0 aliphatic carbocycles. The molecule has 0 unspecified atom stereocenters. The molecule has 0 saturated carbocycles. The Labute approximate surface area is 122 Å². The van der Waals surface area contributed by atoms with Crippen molar-refractivity contribution in [2.75, 3.05) is 0 Å². The fourth-order valence-electron chi connectivity index (χ4n) is 2.51. The van der Waals surface area contributed by atoms with Gasteiger partial charge in [0.05, 0.1) is 23.6 Å². The van der Waals surface area contributed by atoms with Crippen LogP contribution in [0, 0.1) is 11.3 Å². The highest BCUT2D eigenvalue weighted by atomic mass is 16.5. The third kappa shape index (κ3) is 2.34. The molecule has 0 bridgehead atoms. The second-order valence-electron chi connectivity index (χ2n) is 5.69. The molecule has 0 fully saturated rings. The monoisotopic (exact) mass is 281 g/mol. The minimum Gasteiger partial charge on any atom is -0.369 e. The highest BCUT2D eigenvalue weighted by Gasteiger charge is 2.31. The molecule has 1 aromatic carbocycles. The first kappa shape index (κ1) is 13.5. The van der Waals surface area contributed by atoms with Crippen molar-refractivity contribution in [1.29, 1.82) is 5.26 Å². The van der Waals surface area contributed by atoms with E-state index in [0.29, 0.717) is 30.0 Å². The average molecular weight is 281 g/mol. The Bertz CT molecular complexity index is 786. The van der Waals surface area contributed by atoms with Crippen LogP contribution < -0.4 is 5.56 Å². The van der Waals surface area contributed by atoms with Crippen LogP contribution in [0.2, 0.25) is 0 Å². The Morgan fingerprint density at radius 1 is 1.33 bits per heavy atom. The molecular formula is C16H15N3O2. The number of para-hydroxylation sites is 1. The highest BCUT2D eigenvalue weighted by molar-refractivity contribution is 5.42. The molecule has 0 radical (unpaired) electrons. The number of fused-ring (bicyclic) bond motifs is 1. The van der Waals surface area contributed by atoms with Gasteiger partial charge in [-0.1, -0.05) is 18.2 Å². The van der Waals surface area contributed by atoms with Gasteiger partial charge in [0.1, 0.15) is 11.6 Å². The van der Waals surface area contributed by atoms with Gasteiger partial charge in [0.2, 0.25) is 0 Å². The SMILES string of the molecule is CC1(C)Cc2c(nn(-c3ccccc3)c(=O)c2C#N)CO1. The summed E-state index contributed by atoms with van der Waals surface area (Å²) < 4.78 is 7.01. The summed E-state index contributed by atoms with van der Waals surface area (Å²) >= 11 is 0. The molecule has 5 nitrogen and oxygen atoms in total. The van der Waals surface area contributed by atoms with E-state index in [-0.39, 0.29) is 16.7 Å². The van der Waals surface area contributed by atoms with Gasteiger partial charge in [-0.05, 0) is 26.0 Å². The number of hydrogen-bond donors (Lipinski definition) is 0. The molecule has 2 heterocycles. The van der Waals surface area contributed by atoms with E-state index in [9.17, 15) is 10.1 Å². The summed E-state index contributed by atoms with van der Waals surface area (Å²) in [6, 6.07) is 11.1. The number of aromatic nitrogens is 2. The molecule has 0 spiro atoms. The fourth-order valence-corrected chi connectivity index (χ4v) is 2.51. The maximum atomic E-state index is 12.5. The van der Waals surface area contributed by atoms with Crippen LogP contribution in [0.3, 0.4) is 0 Å². The Kier molecular flexibility index (Phi) is 3.11. The average Bonchev–Trinajstić information content (AvgIpc) is 2.47. The molecule has 0 atom stereocenters. The van der Waals surface area contributed by atoms with Crippen LogP contribution >= 0.6 is 0 Å². The van der Waals surface area contributed by atoms with E-state index in [2.05, 4.69) is 5.10 Å². The summed E-state index contributed by atoms with van der Waals surface area (Å²) in [4.78, 5) is 12.5. The van der Waals surface area contributed by atoms with E-state index >= 15 is 0 Å². The number of benzene rings is 1. The predicted octanol–water partition coefficient (Wildman–Crippen LogP) is 1.96. The van der Waals surface area contributed by atoms with Gasteiger partial charge in [-0.25, -0.2) is 0 Å². The van der Waals surface area contributed by atoms with Crippen LogP contribution in [0.25, 0.3) is 5.69 Å². The van der Waals surface area contributed by atoms with Crippen molar-refractivity contribution < 1.29 is 4.74 Å². The third-order valence-electron chi connectivity index (χ3n) is 3.59. The Hall–Kier alpha value is -2.45. The molecule has 0 saturated heterocycles. The van der Waals surface area contributed by atoms with Crippen LogP contribution in [-0.2, 0) is 17.8 Å². The summed E-state index contributed by atoms with van der Waals surface area (Å²) in [6.45, 7) is 4.20. The summed E-state index contributed by atoms with van der Waals surface area (Å²) in [7, 11) is 0. The standard InChI is InChI=1S/C16H15N3O2/c1-16(2)8-12-13(9-17)15(20)19(18-14(12)10-21-16)11-6-4-3-5-7-11/h3-7H,8,10H2,1-2H3. The predicted molar refractivity (Wildman–Crippen MR) is 77.1 cm³/mol. The second-order valence-corrected chi connectivity index (χ2v) is 5.69. The lowest BCUT2D eigenvalue weighted by atomic mass is 9.92. The molecule has 106 valence electrons. The zero-order valence-corrected chi connectivity index (χ0v) is 12.0. The van der Waals surface area contributed by atoms with Gasteiger partial charge in [-0.2, -0.15) is 15.0 Å². The van der Waals surface area contributed by atoms with Crippen molar-refractivity contribution in [2.24, 2.45) is 0 Å². The fraction of sp³-hybridized carbons (Fsp3) is 0.312. The molecule has 1 aliphatic heterocycles. The largest absolute Gasteiger partial charge is 0.369 e. The smallest absolute Gasteiger partial charge is 0.289 e. The first-order valence-electron chi connectivity index (χ1n) is 6.76. The van der Waals surface area contributed by atoms with Gasteiger partial charge in [-0.3, -0.25) is 4.79 Å². The lowest BCUT2D eigenvalue weighted by Gasteiger charge is -2.31. The second kappa shape index (κ2) is 4.83. The number of nitriles is 1. The van der Waals surface area contributed by atoms with Crippen LogP contribution in [0.4, 0.5) is 0 Å². The lowest BCUT2D eigenvalue weighted by molar-refractivity contribution is -0.0428. The number of nitrogens with zero attached hydrogens (tertiary/aromatic N) is 3. The van der Waals surface area contributed by atoms with Crippen molar-refractivity contribution in [1.82, 2.24) is 9.78 Å². The maximum absolute atomic E-state index is 12.5. The van der Waals surface area contributed by atoms with E-state index in [1.165, 1.54) is 4.68 Å². The zero-order valence-electron chi connectivity index (χ0n) is 12.0. The minimum absolute atomic E-state index is 0.167. The normalized spacial score (nSPS) is 16.0. The van der Waals surface area contributed by atoms with Gasteiger partial charge in [0.25, 0.3) is 5.56 Å². The first-order chi connectivity index (χ1) is 10.0. The Balaban J connectivity index is 2.24. The first-order valence-corrected chi connectivity index (χ1v) is 6.76. The molecule has 2 aromatic rings. The molecule has 1 aliphatic rings. The molecule has 5 heteroatoms. The quantitative estimate of drug-likeness (QED) is 0.801. The van der Waals surface area contributed by atoms with Crippen molar-refractivity contribution in [3.05, 3.63) is 57.5 Å². The molecular weight excluding hydrogens is 266 g/mol. The summed E-state index contributed by atoms with van der Waals surface area (Å²) in [5, 5.41) is 13.8. The number of ether oxygens (including phenoxy) is 1. The topological polar surface area (TPSA) is 67.9 Å². The van der Waals surface area contributed by atoms with E-state index in [1.807, 2.05) is 38.1 Å². The summed E-state index contributed by atoms with van der Waals surface area (Å²) in [5.41, 5.74) is 1.43. The van der Waals surface area contributed by atoms with Crippen LogP contribution in [0.5, 0.6) is 0 Å². The lowest BCUT2D eigenvalue weighted by Crippen LogP contribution is -2.37. The van der Waals surface area contributed by atoms with Crippen molar-refractivity contribution in [2.45, 2.75) is 32.5 Å². The molecule has 3 rings (SSSR count). The van der Waals surface area contributed by atoms with Crippen molar-refractivity contribution >= 4 is 0 Å². The molecule has 21 heavy (non-hydrogen) atoms. The van der Waals surface area contributed by atoms with Gasteiger partial charge >= 0.3 is 0 Å². The van der Waals surface area contributed by atoms with Crippen LogP contribution in [0.15, 0.2) is 35.1 Å². The van der Waals surface area contributed by atoms with Gasteiger partial charge < -0.3 is 4.74 Å². The van der Waals surface area contributed by atoms with Crippen LogP contribution in [0.1, 0.15) is 30.7 Å². The van der Waals surface area contributed by atoms with Crippen molar-refractivity contribution in [3.8, 4) is 11.8 Å². The van der Waals surface area contributed by atoms with E-state index < -0.39 is 0 Å². The Morgan fingerprint density at radius 3 is 2.71 bits per heavy atom. The minimum atomic E-state index is -0.383. The van der Waals surface area contributed by atoms with Gasteiger partial charge in [0.15, 0.2) is 0 Å². The zero-order chi connectivity index (χ0) is 15.0. The third-order valence-corrected chi connectivity index (χ3v) is 3.59. The Morgan fingerprint density at radius 2 is 2.05 bits per heavy atom. The highest BCUT2D eigenvalue weighted by Crippen LogP contribution is 2.27. The maximum Gasteiger partial charge on any atom is 0.289 e. The van der Waals surface area contributed by atoms with E-state index in [1.54, 1.807) is 12.1 Å². The van der Waals surface area contributed by atoms with Gasteiger partial charge in [-0.15, -0.1) is 0 Å².